The molecule has 1 aliphatic rings. The molecule has 2 nitrogen and oxygen atoms in total. The van der Waals surface area contributed by atoms with Gasteiger partial charge in [-0.25, -0.2) is 0 Å². The third-order valence-corrected chi connectivity index (χ3v) is 4.88. The first-order valence-corrected chi connectivity index (χ1v) is 7.21. The Labute approximate surface area is 96.2 Å². The summed E-state index contributed by atoms with van der Waals surface area (Å²) in [5, 5.41) is 1.01. The van der Waals surface area contributed by atoms with E-state index < -0.39 is 0 Å². The van der Waals surface area contributed by atoms with Crippen LogP contribution in [-0.2, 0) is 9.53 Å². The summed E-state index contributed by atoms with van der Waals surface area (Å²) in [7, 11) is 0. The number of esters is 1. The molecule has 1 heterocycles. The van der Waals surface area contributed by atoms with Crippen LogP contribution in [0.2, 0.25) is 5.32 Å². The average Bonchev–Trinajstić information content (AvgIpc) is 2.57. The number of hydrogen-bond donors (Lipinski definition) is 0. The van der Waals surface area contributed by atoms with Gasteiger partial charge in [-0.3, -0.25) is 0 Å². The quantitative estimate of drug-likeness (QED) is 0.612. The number of rotatable bonds is 3. The monoisotopic (exact) mass is 270 g/mol. The second kappa shape index (κ2) is 4.82. The van der Waals surface area contributed by atoms with Crippen molar-refractivity contribution in [3.05, 3.63) is 30.3 Å². The summed E-state index contributed by atoms with van der Waals surface area (Å²) in [4.78, 5) is 11.2. The van der Waals surface area contributed by atoms with Gasteiger partial charge in [0.1, 0.15) is 0 Å². The van der Waals surface area contributed by atoms with Crippen LogP contribution in [0.5, 0.6) is 0 Å². The van der Waals surface area contributed by atoms with E-state index in [-0.39, 0.29) is 18.0 Å². The summed E-state index contributed by atoms with van der Waals surface area (Å²) in [5.74, 6) is 0.0745. The van der Waals surface area contributed by atoms with Crippen molar-refractivity contribution in [2.24, 2.45) is 5.92 Å². The molecular weight excluding hydrogens is 255 g/mol. The topological polar surface area (TPSA) is 26.3 Å². The van der Waals surface area contributed by atoms with Crippen molar-refractivity contribution in [2.45, 2.75) is 24.8 Å². The third-order valence-electron chi connectivity index (χ3n) is 2.48. The Bertz CT molecular complexity index is 337. The molecule has 0 N–H and O–H groups in total. The van der Waals surface area contributed by atoms with Crippen LogP contribution < -0.4 is 4.46 Å². The average molecular weight is 269 g/mol. The normalized spacial score (nSPS) is 25.3. The fraction of sp³-hybridized carbons (Fsp3) is 0.417. The maximum absolute atomic E-state index is 11.2. The zero-order valence-corrected chi connectivity index (χ0v) is 10.4. The van der Waals surface area contributed by atoms with E-state index in [2.05, 4.69) is 24.3 Å². The number of hydrogen-bond acceptors (Lipinski definition) is 2. The van der Waals surface area contributed by atoms with Gasteiger partial charge >= 0.3 is 95.9 Å². The fourth-order valence-electron chi connectivity index (χ4n) is 1.63. The Hall–Kier alpha value is -0.791. The Morgan fingerprint density at radius 1 is 1.40 bits per heavy atom. The second-order valence-electron chi connectivity index (χ2n) is 3.82. The van der Waals surface area contributed by atoms with Crippen molar-refractivity contribution in [2.75, 3.05) is 0 Å². The molecule has 1 aromatic carbocycles. The van der Waals surface area contributed by atoms with E-state index in [4.69, 9.17) is 4.74 Å². The van der Waals surface area contributed by atoms with E-state index in [9.17, 15) is 4.79 Å². The molecule has 0 aliphatic carbocycles. The van der Waals surface area contributed by atoms with Gasteiger partial charge in [0.2, 0.25) is 0 Å². The standard InChI is InChI=1S/C12H14O2Se/c1-9-7-10(14-12(9)13)8-15-11-5-3-2-4-6-11/h2-6,9-10H,7-8H2,1H3. The molecule has 2 atom stereocenters. The number of ether oxygens (including phenoxy) is 1. The third kappa shape index (κ3) is 2.83. The minimum atomic E-state index is -0.0242. The van der Waals surface area contributed by atoms with E-state index in [0.717, 1.165) is 11.7 Å². The van der Waals surface area contributed by atoms with Crippen molar-refractivity contribution in [1.29, 1.82) is 0 Å². The predicted molar refractivity (Wildman–Crippen MR) is 60.3 cm³/mol. The zero-order chi connectivity index (χ0) is 10.7. The van der Waals surface area contributed by atoms with E-state index in [1.54, 1.807) is 0 Å². The van der Waals surface area contributed by atoms with Crippen LogP contribution >= 0.6 is 0 Å². The maximum atomic E-state index is 11.2. The second-order valence-corrected chi connectivity index (χ2v) is 6.11. The molecule has 1 aromatic rings. The molecule has 0 saturated carbocycles. The SMILES string of the molecule is CC1CC(C[Se]c2ccccc2)OC1=O. The number of carbonyl (C=O) groups excluding carboxylic acids is 1. The summed E-state index contributed by atoms with van der Waals surface area (Å²) in [6.07, 6.45) is 1.06. The van der Waals surface area contributed by atoms with Gasteiger partial charge in [0.05, 0.1) is 0 Å². The molecule has 0 spiro atoms. The van der Waals surface area contributed by atoms with E-state index >= 15 is 0 Å². The van der Waals surface area contributed by atoms with Gasteiger partial charge < -0.3 is 0 Å². The van der Waals surface area contributed by atoms with Gasteiger partial charge in [0.15, 0.2) is 0 Å². The number of benzene rings is 1. The molecule has 1 saturated heterocycles. The summed E-state index contributed by atoms with van der Waals surface area (Å²) >= 11 is 0.427. The van der Waals surface area contributed by atoms with Crippen LogP contribution in [0.4, 0.5) is 0 Å². The molecule has 0 amide bonds. The van der Waals surface area contributed by atoms with Crippen LogP contribution in [-0.4, -0.2) is 27.0 Å². The molecule has 15 heavy (non-hydrogen) atoms. The minimum absolute atomic E-state index is 0.0242. The van der Waals surface area contributed by atoms with Crippen LogP contribution in [0.3, 0.4) is 0 Å². The molecule has 0 aromatic heterocycles. The van der Waals surface area contributed by atoms with Crippen molar-refractivity contribution in [3.63, 3.8) is 0 Å². The Kier molecular flexibility index (Phi) is 3.45. The molecule has 2 rings (SSSR count). The van der Waals surface area contributed by atoms with Gasteiger partial charge in [-0.15, -0.1) is 0 Å². The first-order chi connectivity index (χ1) is 7.25. The van der Waals surface area contributed by atoms with Crippen molar-refractivity contribution in [1.82, 2.24) is 0 Å². The van der Waals surface area contributed by atoms with Gasteiger partial charge in [-0.05, 0) is 0 Å². The summed E-state index contributed by atoms with van der Waals surface area (Å²) in [6, 6.07) is 10.4. The fourth-order valence-corrected chi connectivity index (χ4v) is 3.58. The van der Waals surface area contributed by atoms with Crippen molar-refractivity contribution < 1.29 is 9.53 Å². The molecule has 80 valence electrons. The van der Waals surface area contributed by atoms with E-state index in [1.807, 2.05) is 13.0 Å². The van der Waals surface area contributed by atoms with Gasteiger partial charge in [0.25, 0.3) is 0 Å². The van der Waals surface area contributed by atoms with Crippen molar-refractivity contribution in [3.8, 4) is 0 Å². The molecule has 1 fully saturated rings. The van der Waals surface area contributed by atoms with Crippen LogP contribution in [0.25, 0.3) is 0 Å². The molecule has 0 radical (unpaired) electrons. The molecular formula is C12H14O2Se. The number of carbonyl (C=O) groups is 1. The predicted octanol–water partition coefficient (Wildman–Crippen LogP) is 1.39. The first-order valence-electron chi connectivity index (χ1n) is 5.14. The van der Waals surface area contributed by atoms with Gasteiger partial charge in [-0.1, -0.05) is 0 Å². The van der Waals surface area contributed by atoms with E-state index in [0.29, 0.717) is 15.0 Å². The van der Waals surface area contributed by atoms with Crippen LogP contribution in [0, 0.1) is 5.92 Å². The van der Waals surface area contributed by atoms with Gasteiger partial charge in [0, 0.05) is 0 Å². The molecule has 3 heteroatoms. The summed E-state index contributed by atoms with van der Waals surface area (Å²) in [5.41, 5.74) is 0. The molecule has 1 aliphatic heterocycles. The summed E-state index contributed by atoms with van der Waals surface area (Å²) < 4.78 is 6.65. The summed E-state index contributed by atoms with van der Waals surface area (Å²) in [6.45, 7) is 1.94. The Morgan fingerprint density at radius 2 is 2.13 bits per heavy atom. The first kappa shape index (κ1) is 10.7. The molecule has 2 unspecified atom stereocenters. The van der Waals surface area contributed by atoms with Gasteiger partial charge in [-0.2, -0.15) is 0 Å². The number of cyclic esters (lactones) is 1. The van der Waals surface area contributed by atoms with E-state index in [1.165, 1.54) is 4.46 Å². The van der Waals surface area contributed by atoms with Crippen molar-refractivity contribution >= 4 is 25.4 Å². The Morgan fingerprint density at radius 3 is 2.73 bits per heavy atom. The zero-order valence-electron chi connectivity index (χ0n) is 8.68. The van der Waals surface area contributed by atoms with Crippen LogP contribution in [0.15, 0.2) is 30.3 Å². The molecule has 0 bridgehead atoms. The Balaban J connectivity index is 1.82. The van der Waals surface area contributed by atoms with Crippen LogP contribution in [0.1, 0.15) is 13.3 Å².